The molecular weight excluding hydrogens is 222 g/mol. The number of hydrogen-bond acceptors (Lipinski definition) is 2. The molecule has 4 heteroatoms. The van der Waals surface area contributed by atoms with Crippen LogP contribution in [0.4, 0.5) is 8.78 Å². The highest BCUT2D eigenvalue weighted by Gasteiger charge is 2.14. The molecule has 0 aliphatic heterocycles. The number of rotatable bonds is 5. The van der Waals surface area contributed by atoms with Crippen LogP contribution >= 0.6 is 0 Å². The van der Waals surface area contributed by atoms with Gasteiger partial charge in [0, 0.05) is 24.2 Å². The third kappa shape index (κ3) is 4.40. The third-order valence-corrected chi connectivity index (χ3v) is 2.60. The van der Waals surface area contributed by atoms with Gasteiger partial charge in [0.25, 0.3) is 0 Å². The molecule has 0 aliphatic carbocycles. The van der Waals surface area contributed by atoms with Crippen LogP contribution in [-0.4, -0.2) is 31.6 Å². The molecule has 1 N–H and O–H groups in total. The van der Waals surface area contributed by atoms with E-state index in [2.05, 4.69) is 5.32 Å². The highest BCUT2D eigenvalue weighted by molar-refractivity contribution is 5.21. The van der Waals surface area contributed by atoms with Gasteiger partial charge in [-0.15, -0.1) is 0 Å². The van der Waals surface area contributed by atoms with E-state index in [1.165, 1.54) is 12.1 Å². The fourth-order valence-corrected chi connectivity index (χ4v) is 1.96. The normalized spacial score (nSPS) is 15.0. The van der Waals surface area contributed by atoms with Gasteiger partial charge in [0.15, 0.2) is 0 Å². The van der Waals surface area contributed by atoms with Crippen molar-refractivity contribution < 1.29 is 8.78 Å². The molecule has 2 unspecified atom stereocenters. The van der Waals surface area contributed by atoms with Crippen molar-refractivity contribution in [3.8, 4) is 0 Å². The molecule has 0 heterocycles. The molecule has 0 aliphatic rings. The van der Waals surface area contributed by atoms with Crippen molar-refractivity contribution in [2.24, 2.45) is 0 Å². The Morgan fingerprint density at radius 2 is 1.88 bits per heavy atom. The fraction of sp³-hybridized carbons (Fsp3) is 0.538. The summed E-state index contributed by atoms with van der Waals surface area (Å²) < 4.78 is 26.6. The van der Waals surface area contributed by atoms with Crippen LogP contribution in [0.15, 0.2) is 18.2 Å². The van der Waals surface area contributed by atoms with Crippen molar-refractivity contribution in [3.05, 3.63) is 35.4 Å². The van der Waals surface area contributed by atoms with Crippen molar-refractivity contribution in [3.63, 3.8) is 0 Å². The first-order chi connectivity index (χ1) is 7.90. The monoisotopic (exact) mass is 242 g/mol. The molecule has 0 aromatic heterocycles. The number of hydrogen-bond donors (Lipinski definition) is 1. The molecule has 0 radical (unpaired) electrons. The van der Waals surface area contributed by atoms with E-state index in [-0.39, 0.29) is 17.9 Å². The average molecular weight is 242 g/mol. The minimum Gasteiger partial charge on any atom is -0.308 e. The van der Waals surface area contributed by atoms with E-state index in [1.807, 2.05) is 32.8 Å². The van der Waals surface area contributed by atoms with E-state index in [1.54, 1.807) is 0 Å². The highest BCUT2D eigenvalue weighted by atomic mass is 19.1. The molecule has 17 heavy (non-hydrogen) atoms. The number of benzene rings is 1. The van der Waals surface area contributed by atoms with Crippen LogP contribution < -0.4 is 5.32 Å². The first-order valence-electron chi connectivity index (χ1n) is 5.76. The van der Waals surface area contributed by atoms with Gasteiger partial charge in [-0.3, -0.25) is 0 Å². The van der Waals surface area contributed by atoms with Crippen LogP contribution in [0.1, 0.15) is 25.5 Å². The van der Waals surface area contributed by atoms with Crippen LogP contribution in [0, 0.1) is 11.6 Å². The Kier molecular flexibility index (Phi) is 5.02. The Labute approximate surface area is 102 Å². The molecule has 0 fully saturated rings. The number of nitrogens with zero attached hydrogens (tertiary/aromatic N) is 1. The van der Waals surface area contributed by atoms with Crippen LogP contribution in [0.2, 0.25) is 0 Å². The first kappa shape index (κ1) is 14.1. The van der Waals surface area contributed by atoms with Crippen molar-refractivity contribution in [2.75, 3.05) is 20.6 Å². The summed E-state index contributed by atoms with van der Waals surface area (Å²) >= 11 is 0. The maximum Gasteiger partial charge on any atom is 0.128 e. The Bertz CT molecular complexity index is 366. The van der Waals surface area contributed by atoms with Crippen LogP contribution in [0.5, 0.6) is 0 Å². The minimum atomic E-state index is -0.407. The lowest BCUT2D eigenvalue weighted by Gasteiger charge is -2.23. The first-order valence-corrected chi connectivity index (χ1v) is 5.76. The van der Waals surface area contributed by atoms with Gasteiger partial charge in [-0.2, -0.15) is 0 Å². The van der Waals surface area contributed by atoms with Crippen molar-refractivity contribution in [1.29, 1.82) is 0 Å². The summed E-state index contributed by atoms with van der Waals surface area (Å²) in [4.78, 5) is 2.05. The maximum atomic E-state index is 13.5. The third-order valence-electron chi connectivity index (χ3n) is 2.60. The second kappa shape index (κ2) is 6.07. The molecule has 2 nitrogen and oxygen atoms in total. The van der Waals surface area contributed by atoms with E-state index < -0.39 is 5.82 Å². The smallest absolute Gasteiger partial charge is 0.128 e. The van der Waals surface area contributed by atoms with Crippen molar-refractivity contribution >= 4 is 0 Å². The molecule has 0 saturated carbocycles. The van der Waals surface area contributed by atoms with E-state index in [4.69, 9.17) is 0 Å². The molecule has 1 aromatic carbocycles. The van der Waals surface area contributed by atoms with Gasteiger partial charge < -0.3 is 10.2 Å². The Morgan fingerprint density at radius 1 is 1.24 bits per heavy atom. The van der Waals surface area contributed by atoms with E-state index in [9.17, 15) is 8.78 Å². The predicted molar refractivity (Wildman–Crippen MR) is 65.9 cm³/mol. The molecule has 0 spiro atoms. The molecule has 0 amide bonds. The standard InChI is InChI=1S/C13H20F2N2/c1-9(8-17(3)4)16-10(2)12-7-11(14)5-6-13(12)15/h5-7,9-10,16H,8H2,1-4H3. The zero-order valence-electron chi connectivity index (χ0n) is 10.8. The second-order valence-corrected chi connectivity index (χ2v) is 4.72. The lowest BCUT2D eigenvalue weighted by atomic mass is 10.1. The van der Waals surface area contributed by atoms with Crippen LogP contribution in [-0.2, 0) is 0 Å². The lowest BCUT2D eigenvalue weighted by molar-refractivity contribution is 0.332. The van der Waals surface area contributed by atoms with E-state index in [0.717, 1.165) is 12.6 Å². The lowest BCUT2D eigenvalue weighted by Crippen LogP contribution is -2.37. The van der Waals surface area contributed by atoms with Crippen LogP contribution in [0.3, 0.4) is 0 Å². The summed E-state index contributed by atoms with van der Waals surface area (Å²) in [7, 11) is 3.96. The van der Waals surface area contributed by atoms with Gasteiger partial charge in [0.05, 0.1) is 0 Å². The molecular formula is C13H20F2N2. The van der Waals surface area contributed by atoms with Gasteiger partial charge in [0.2, 0.25) is 0 Å². The molecule has 1 rings (SSSR count). The van der Waals surface area contributed by atoms with E-state index >= 15 is 0 Å². The Balaban J connectivity index is 2.69. The van der Waals surface area contributed by atoms with Crippen molar-refractivity contribution in [1.82, 2.24) is 10.2 Å². The quantitative estimate of drug-likeness (QED) is 0.853. The Hall–Kier alpha value is -1.00. The molecule has 96 valence electrons. The summed E-state index contributed by atoms with van der Waals surface area (Å²) in [5, 5.41) is 3.25. The van der Waals surface area contributed by atoms with Gasteiger partial charge >= 0.3 is 0 Å². The number of likely N-dealkylation sites (N-methyl/N-ethyl adjacent to an activating group) is 1. The summed E-state index contributed by atoms with van der Waals surface area (Å²) in [6.45, 7) is 4.71. The van der Waals surface area contributed by atoms with Gasteiger partial charge in [-0.1, -0.05) is 0 Å². The molecule has 0 saturated heterocycles. The number of nitrogens with one attached hydrogen (secondary N) is 1. The minimum absolute atomic E-state index is 0.208. The average Bonchev–Trinajstić information content (AvgIpc) is 2.20. The summed E-state index contributed by atoms with van der Waals surface area (Å²) in [6, 6.07) is 3.55. The second-order valence-electron chi connectivity index (χ2n) is 4.72. The topological polar surface area (TPSA) is 15.3 Å². The highest BCUT2D eigenvalue weighted by Crippen LogP contribution is 2.18. The molecule has 2 atom stereocenters. The number of halogens is 2. The zero-order valence-corrected chi connectivity index (χ0v) is 10.8. The van der Waals surface area contributed by atoms with Gasteiger partial charge in [-0.05, 0) is 46.1 Å². The Morgan fingerprint density at radius 3 is 2.47 bits per heavy atom. The summed E-state index contributed by atoms with van der Waals surface area (Å²) in [5.41, 5.74) is 0.371. The van der Waals surface area contributed by atoms with Crippen LogP contribution in [0.25, 0.3) is 0 Å². The summed E-state index contributed by atoms with van der Waals surface area (Å²) in [6.07, 6.45) is 0. The zero-order chi connectivity index (χ0) is 13.0. The SMILES string of the molecule is CC(CN(C)C)NC(C)c1cc(F)ccc1F. The molecule has 0 bridgehead atoms. The summed E-state index contributed by atoms with van der Waals surface area (Å²) in [5.74, 6) is -0.779. The van der Waals surface area contributed by atoms with Gasteiger partial charge in [0.1, 0.15) is 11.6 Å². The largest absolute Gasteiger partial charge is 0.308 e. The predicted octanol–water partition coefficient (Wildman–Crippen LogP) is 2.57. The van der Waals surface area contributed by atoms with E-state index in [0.29, 0.717) is 5.56 Å². The fourth-order valence-electron chi connectivity index (χ4n) is 1.96. The maximum absolute atomic E-state index is 13.5. The van der Waals surface area contributed by atoms with Gasteiger partial charge in [-0.25, -0.2) is 8.78 Å². The van der Waals surface area contributed by atoms with Crippen molar-refractivity contribution in [2.45, 2.75) is 25.9 Å². The molecule has 1 aromatic rings.